The van der Waals surface area contributed by atoms with Crippen LogP contribution in [0.15, 0.2) is 0 Å². The lowest BCUT2D eigenvalue weighted by molar-refractivity contribution is 0.193. The van der Waals surface area contributed by atoms with Crippen LogP contribution in [0.3, 0.4) is 0 Å². The minimum absolute atomic E-state index is 1.07. The van der Waals surface area contributed by atoms with Crippen molar-refractivity contribution in [3.05, 3.63) is 0 Å². The van der Waals surface area contributed by atoms with Crippen LogP contribution in [-0.2, 0) is 29.2 Å². The van der Waals surface area contributed by atoms with Gasteiger partial charge in [-0.1, -0.05) is 0 Å². The Balaban J connectivity index is 4.32. The van der Waals surface area contributed by atoms with E-state index in [9.17, 15) is 13.3 Å². The fourth-order valence-electron chi connectivity index (χ4n) is 0.416. The summed E-state index contributed by atoms with van der Waals surface area (Å²) in [4.78, 5) is 0. The molecule has 0 fully saturated rings. The Kier molecular flexibility index (Phi) is 5.10. The molecule has 0 aliphatic heterocycles. The molecule has 0 aromatic heterocycles. The Morgan fingerprint density at radius 1 is 1.50 bits per heavy atom. The molecule has 2 unspecified atom stereocenters. The third-order valence-corrected chi connectivity index (χ3v) is 3.25. The molecule has 0 aliphatic carbocycles. The van der Waals surface area contributed by atoms with Gasteiger partial charge in [0.1, 0.15) is 0 Å². The van der Waals surface area contributed by atoms with E-state index in [1.54, 1.807) is 0 Å². The maximum Gasteiger partial charge on any atom is 0.374 e. The fourth-order valence-corrected chi connectivity index (χ4v) is 1.77. The smallest absolute Gasteiger partial charge is 0.374 e. The van der Waals surface area contributed by atoms with E-state index in [0.29, 0.717) is 0 Å². The molecule has 0 spiro atoms. The molecule has 12 heavy (non-hydrogen) atoms. The van der Waals surface area contributed by atoms with E-state index in [-0.39, 0.29) is 0 Å². The first-order valence-corrected chi connectivity index (χ1v) is 5.30. The summed E-state index contributed by atoms with van der Waals surface area (Å²) in [5.41, 5.74) is 5.05. The highest BCUT2D eigenvalue weighted by Gasteiger charge is 2.32. The summed E-state index contributed by atoms with van der Waals surface area (Å²) < 4.78 is 43.8. The number of nitrogens with two attached hydrogens (primary N) is 1. The molecular formula is C3H9NO6PS-. The zero-order chi connectivity index (χ0) is 9.78. The third kappa shape index (κ3) is 3.28. The molecular weight excluding hydrogens is 209 g/mol. The van der Waals surface area contributed by atoms with Gasteiger partial charge in [0.15, 0.2) is 0 Å². The van der Waals surface area contributed by atoms with Gasteiger partial charge in [-0.15, -0.1) is 0 Å². The van der Waals surface area contributed by atoms with Crippen LogP contribution in [0.5, 0.6) is 0 Å². The maximum absolute atomic E-state index is 11.2. The van der Waals surface area contributed by atoms with Crippen LogP contribution < -0.4 is 5.73 Å². The molecule has 9 heteroatoms. The van der Waals surface area contributed by atoms with Crippen molar-refractivity contribution in [2.24, 2.45) is 5.73 Å². The van der Waals surface area contributed by atoms with Gasteiger partial charge in [0.05, 0.1) is 11.4 Å². The average Bonchev–Trinajstić information content (AvgIpc) is 2.02. The largest absolute Gasteiger partial charge is 0.750 e. The van der Waals surface area contributed by atoms with E-state index in [2.05, 4.69) is 13.2 Å². The van der Waals surface area contributed by atoms with Crippen LogP contribution in [0.1, 0.15) is 0 Å². The molecule has 0 saturated carbocycles. The summed E-state index contributed by atoms with van der Waals surface area (Å²) >= 11 is -2.85. The van der Waals surface area contributed by atoms with Crippen LogP contribution in [0, 0.1) is 0 Å². The normalized spacial score (nSPS) is 17.3. The standard InChI is InChI=1S/C3H10NO6PS/c1-8-11(5,9-2)3(4)10-12(6)7/h3H,4H2,1-2H3,(H,6,7)/p-1. The van der Waals surface area contributed by atoms with Gasteiger partial charge in [-0.05, 0) is 0 Å². The van der Waals surface area contributed by atoms with Crippen LogP contribution in [0.2, 0.25) is 0 Å². The Hall–Kier alpha value is 0.180. The van der Waals surface area contributed by atoms with E-state index in [1.165, 1.54) is 0 Å². The number of rotatable bonds is 5. The molecule has 74 valence electrons. The molecule has 0 radical (unpaired) electrons. The second kappa shape index (κ2) is 5.03. The van der Waals surface area contributed by atoms with Crippen LogP contribution in [-0.4, -0.2) is 29.0 Å². The first-order valence-electron chi connectivity index (χ1n) is 2.69. The van der Waals surface area contributed by atoms with Crippen molar-refractivity contribution in [2.45, 2.75) is 5.97 Å². The van der Waals surface area contributed by atoms with Gasteiger partial charge >= 0.3 is 7.60 Å². The lowest BCUT2D eigenvalue weighted by Crippen LogP contribution is -2.26. The average molecular weight is 218 g/mol. The van der Waals surface area contributed by atoms with E-state index in [4.69, 9.17) is 5.73 Å². The van der Waals surface area contributed by atoms with Gasteiger partial charge < -0.3 is 13.6 Å². The minimum atomic E-state index is -3.66. The van der Waals surface area contributed by atoms with Gasteiger partial charge in [-0.2, -0.15) is 0 Å². The predicted molar refractivity (Wildman–Crippen MR) is 39.6 cm³/mol. The highest BCUT2D eigenvalue weighted by atomic mass is 32.2. The molecule has 2 N–H and O–H groups in total. The van der Waals surface area contributed by atoms with E-state index < -0.39 is 24.9 Å². The fraction of sp³-hybridized carbons (Fsp3) is 1.00. The summed E-state index contributed by atoms with van der Waals surface area (Å²) in [7, 11) is -1.52. The van der Waals surface area contributed by atoms with E-state index >= 15 is 0 Å². The van der Waals surface area contributed by atoms with Gasteiger partial charge in [0.25, 0.3) is 0 Å². The minimum Gasteiger partial charge on any atom is -0.750 e. The van der Waals surface area contributed by atoms with Crippen LogP contribution in [0.4, 0.5) is 0 Å². The first kappa shape index (κ1) is 12.2. The van der Waals surface area contributed by atoms with Crippen molar-refractivity contribution in [3.63, 3.8) is 0 Å². The molecule has 0 saturated heterocycles. The molecule has 0 aromatic carbocycles. The highest BCUT2D eigenvalue weighted by Crippen LogP contribution is 2.49. The molecule has 0 bridgehead atoms. The Bertz CT molecular complexity index is 201. The second-order valence-electron chi connectivity index (χ2n) is 1.60. The topological polar surface area (TPSA) is 111 Å². The quantitative estimate of drug-likeness (QED) is 0.377. The summed E-state index contributed by atoms with van der Waals surface area (Å²) in [5, 5.41) is 0. The van der Waals surface area contributed by atoms with Crippen LogP contribution in [0.25, 0.3) is 0 Å². The van der Waals surface area contributed by atoms with Gasteiger partial charge in [-0.3, -0.25) is 14.5 Å². The molecule has 2 atom stereocenters. The third-order valence-electron chi connectivity index (χ3n) is 0.998. The summed E-state index contributed by atoms with van der Waals surface area (Å²) in [6, 6.07) is 0. The summed E-state index contributed by atoms with van der Waals surface area (Å²) in [5.74, 6) is -1.63. The molecule has 0 heterocycles. The predicted octanol–water partition coefficient (Wildman–Crippen LogP) is -0.475. The van der Waals surface area contributed by atoms with Crippen molar-refractivity contribution in [1.82, 2.24) is 0 Å². The van der Waals surface area contributed by atoms with Crippen molar-refractivity contribution in [1.29, 1.82) is 0 Å². The summed E-state index contributed by atoms with van der Waals surface area (Å²) in [6.45, 7) is 0. The van der Waals surface area contributed by atoms with Crippen molar-refractivity contribution in [2.75, 3.05) is 14.2 Å². The Labute approximate surface area is 72.2 Å². The van der Waals surface area contributed by atoms with Crippen molar-refractivity contribution >= 4 is 19.0 Å². The maximum atomic E-state index is 11.2. The number of hydrogen-bond donors (Lipinski definition) is 1. The summed E-state index contributed by atoms with van der Waals surface area (Å²) in [6.07, 6.45) is 0. The molecule has 0 aromatic rings. The van der Waals surface area contributed by atoms with E-state index in [0.717, 1.165) is 14.2 Å². The van der Waals surface area contributed by atoms with Crippen molar-refractivity contribution < 1.29 is 26.6 Å². The Morgan fingerprint density at radius 2 is 1.92 bits per heavy atom. The van der Waals surface area contributed by atoms with Crippen LogP contribution >= 0.6 is 7.60 Å². The molecule has 0 amide bonds. The monoisotopic (exact) mass is 218 g/mol. The Morgan fingerprint density at radius 3 is 2.17 bits per heavy atom. The zero-order valence-electron chi connectivity index (χ0n) is 6.46. The lowest BCUT2D eigenvalue weighted by atomic mass is 11.4. The molecule has 7 nitrogen and oxygen atoms in total. The van der Waals surface area contributed by atoms with Gasteiger partial charge in [-0.25, -0.2) is 4.21 Å². The zero-order valence-corrected chi connectivity index (χ0v) is 8.17. The number of hydrogen-bond acceptors (Lipinski definition) is 7. The highest BCUT2D eigenvalue weighted by molar-refractivity contribution is 7.74. The SMILES string of the molecule is COP(=O)(OC)C(N)OS(=O)[O-]. The van der Waals surface area contributed by atoms with E-state index in [1.807, 2.05) is 0 Å². The molecule has 0 aliphatic rings. The molecule has 0 rings (SSSR count). The lowest BCUT2D eigenvalue weighted by Gasteiger charge is -2.20. The van der Waals surface area contributed by atoms with Crippen molar-refractivity contribution in [3.8, 4) is 0 Å². The second-order valence-corrected chi connectivity index (χ2v) is 4.52. The van der Waals surface area contributed by atoms with Gasteiger partial charge in [0, 0.05) is 14.2 Å². The first-order chi connectivity index (χ1) is 5.46. The van der Waals surface area contributed by atoms with Gasteiger partial charge in [0.2, 0.25) is 5.97 Å².